The van der Waals surface area contributed by atoms with E-state index in [1.54, 1.807) is 0 Å². The summed E-state index contributed by atoms with van der Waals surface area (Å²) < 4.78 is 91.8. The topological polar surface area (TPSA) is 18.5 Å². The van der Waals surface area contributed by atoms with Crippen LogP contribution in [0.2, 0.25) is 0 Å². The summed E-state index contributed by atoms with van der Waals surface area (Å²) >= 11 is 0.996. The van der Waals surface area contributed by atoms with Crippen LogP contribution in [0.1, 0.15) is 13.8 Å². The average molecular weight is 574 g/mol. The first-order valence-electron chi connectivity index (χ1n) is 8.36. The monoisotopic (exact) mass is 576 g/mol. The second-order valence-electron chi connectivity index (χ2n) is 4.97. The molecule has 0 aromatic heterocycles. The molecule has 0 aliphatic carbocycles. The molecule has 14 heteroatoms. The summed E-state index contributed by atoms with van der Waals surface area (Å²) in [4.78, 5) is 0. The molecular formula is C16H18B2F8O2Se2-2. The van der Waals surface area contributed by atoms with Gasteiger partial charge in [0.1, 0.15) is 0 Å². The molecule has 2 aromatic rings. The minimum Gasteiger partial charge on any atom is -0.418 e. The number of hydrogen-bond acceptors (Lipinski definition) is 2. The third-order valence-electron chi connectivity index (χ3n) is 2.49. The zero-order valence-electron chi connectivity index (χ0n) is 15.8. The smallest absolute Gasteiger partial charge is 0.418 e. The van der Waals surface area contributed by atoms with Crippen molar-refractivity contribution >= 4 is 49.7 Å². The van der Waals surface area contributed by atoms with Crippen molar-refractivity contribution in [3.8, 4) is 11.5 Å². The maximum Gasteiger partial charge on any atom is 0.673 e. The summed E-state index contributed by atoms with van der Waals surface area (Å²) in [5, 5.41) is 0. The van der Waals surface area contributed by atoms with E-state index in [-0.39, 0.29) is 0 Å². The van der Waals surface area contributed by atoms with Crippen LogP contribution in [0.25, 0.3) is 0 Å². The van der Waals surface area contributed by atoms with E-state index in [0.717, 1.165) is 24.7 Å². The summed E-state index contributed by atoms with van der Waals surface area (Å²) in [6.07, 6.45) is 0. The predicted octanol–water partition coefficient (Wildman–Crippen LogP) is 4.36. The first kappa shape index (κ1) is 28.6. The third kappa shape index (κ3) is 19.9. The molecule has 0 N–H and O–H groups in total. The molecular weight excluding hydrogens is 556 g/mol. The second-order valence-corrected chi connectivity index (χ2v) is 11.3. The number of halogens is 8. The van der Waals surface area contributed by atoms with Crippen LogP contribution in [0.4, 0.5) is 34.5 Å². The summed E-state index contributed by atoms with van der Waals surface area (Å²) in [6.45, 7) is 5.47. The molecule has 170 valence electrons. The quantitative estimate of drug-likeness (QED) is 0.362. The van der Waals surface area contributed by atoms with E-state index in [1.807, 2.05) is 19.9 Å². The molecule has 0 saturated heterocycles. The average Bonchev–Trinajstić information content (AvgIpc) is 2.59. The van der Waals surface area contributed by atoms with E-state index in [2.05, 4.69) is 42.5 Å². The van der Waals surface area contributed by atoms with Gasteiger partial charge in [0.05, 0.1) is 0 Å². The van der Waals surface area contributed by atoms with Gasteiger partial charge in [0.2, 0.25) is 0 Å². The number of benzene rings is 2. The molecule has 0 spiro atoms. The Morgan fingerprint density at radius 2 is 1.07 bits per heavy atom. The molecule has 2 aromatic carbocycles. The van der Waals surface area contributed by atoms with Crippen LogP contribution in [0.15, 0.2) is 48.5 Å². The number of hydrogen-bond donors (Lipinski definition) is 0. The van der Waals surface area contributed by atoms with Crippen molar-refractivity contribution in [2.45, 2.75) is 13.8 Å². The maximum atomic E-state index is 9.75. The van der Waals surface area contributed by atoms with Gasteiger partial charge in [-0.25, -0.2) is 0 Å². The molecule has 2 nitrogen and oxygen atoms in total. The van der Waals surface area contributed by atoms with Crippen LogP contribution in [0.5, 0.6) is 11.5 Å². The van der Waals surface area contributed by atoms with Gasteiger partial charge < -0.3 is 34.5 Å². The van der Waals surface area contributed by atoms with Crippen molar-refractivity contribution in [1.82, 2.24) is 0 Å². The Hall–Kier alpha value is -1.35. The van der Waals surface area contributed by atoms with Crippen LogP contribution in [-0.2, 0) is 0 Å². The Balaban J connectivity index is 0.000000702. The molecule has 0 heterocycles. The van der Waals surface area contributed by atoms with Crippen LogP contribution < -0.4 is 18.4 Å². The maximum absolute atomic E-state index is 9.75. The molecule has 0 unspecified atom stereocenters. The molecule has 0 aliphatic rings. The van der Waals surface area contributed by atoms with Crippen molar-refractivity contribution in [3.63, 3.8) is 0 Å². The van der Waals surface area contributed by atoms with Gasteiger partial charge in [-0.1, -0.05) is 0 Å². The second kappa shape index (κ2) is 14.6. The predicted molar refractivity (Wildman–Crippen MR) is 106 cm³/mol. The third-order valence-corrected chi connectivity index (χ3v) is 9.68. The van der Waals surface area contributed by atoms with E-state index in [0.29, 0.717) is 26.3 Å². The Kier molecular flexibility index (Phi) is 14.0. The van der Waals surface area contributed by atoms with Crippen molar-refractivity contribution in [2.75, 3.05) is 13.2 Å². The van der Waals surface area contributed by atoms with Gasteiger partial charge in [-0.2, -0.15) is 0 Å². The normalized spacial score (nSPS) is 10.9. The van der Waals surface area contributed by atoms with Crippen LogP contribution in [0.3, 0.4) is 0 Å². The van der Waals surface area contributed by atoms with Gasteiger partial charge in [0, 0.05) is 0 Å². The first-order chi connectivity index (χ1) is 13.8. The fourth-order valence-electron chi connectivity index (χ4n) is 1.64. The van der Waals surface area contributed by atoms with Gasteiger partial charge in [0.15, 0.2) is 0 Å². The number of ether oxygens (including phenoxy) is 2. The van der Waals surface area contributed by atoms with Gasteiger partial charge in [-0.15, -0.1) is 0 Å². The SMILES string of the molecule is CCOc1ccc([Se][Se]c2cccc(OCC)c2)cc1.F[B-](F)(F)F.F[B-](F)(F)F. The Bertz CT molecular complexity index is 692. The molecule has 30 heavy (non-hydrogen) atoms. The first-order valence-corrected chi connectivity index (χ1v) is 14.4. The van der Waals surface area contributed by atoms with Gasteiger partial charge in [0.25, 0.3) is 0 Å². The van der Waals surface area contributed by atoms with Gasteiger partial charge >= 0.3 is 146 Å². The molecule has 0 aliphatic heterocycles. The van der Waals surface area contributed by atoms with Crippen LogP contribution in [0, 0.1) is 0 Å². The van der Waals surface area contributed by atoms with E-state index in [1.165, 1.54) is 8.92 Å². The Labute approximate surface area is 180 Å². The van der Waals surface area contributed by atoms with Crippen molar-refractivity contribution < 1.29 is 44.0 Å². The van der Waals surface area contributed by atoms with Crippen LogP contribution >= 0.6 is 0 Å². The summed E-state index contributed by atoms with van der Waals surface area (Å²) in [5.74, 6) is 1.94. The van der Waals surface area contributed by atoms with Crippen LogP contribution in [-0.4, -0.2) is 54.0 Å². The van der Waals surface area contributed by atoms with E-state index < -0.39 is 14.5 Å². The molecule has 0 amide bonds. The van der Waals surface area contributed by atoms with Gasteiger partial charge in [-0.3, -0.25) is 0 Å². The standard InChI is InChI=1S/C16H18O2Se2.2BF4/c1-3-17-13-8-10-15(11-9-13)19-20-16-7-5-6-14(12-16)18-4-2;2*2-1(3,4)5/h5-12H,3-4H2,1-2H3;;/q;2*-1. The molecule has 0 atom stereocenters. The minimum absolute atomic E-state index is 0.493. The zero-order chi connectivity index (χ0) is 23.2. The molecule has 2 rings (SSSR count). The van der Waals surface area contributed by atoms with Gasteiger partial charge in [-0.05, 0) is 0 Å². The van der Waals surface area contributed by atoms with E-state index in [4.69, 9.17) is 9.47 Å². The summed E-state index contributed by atoms with van der Waals surface area (Å²) in [5.41, 5.74) is 0. The Morgan fingerprint density at radius 3 is 1.53 bits per heavy atom. The summed E-state index contributed by atoms with van der Waals surface area (Å²) in [7, 11) is -12.0. The molecule has 0 saturated carbocycles. The zero-order valence-corrected chi connectivity index (χ0v) is 19.3. The molecule has 0 fully saturated rings. The van der Waals surface area contributed by atoms with Crippen molar-refractivity contribution in [2.24, 2.45) is 0 Å². The molecule has 0 radical (unpaired) electrons. The van der Waals surface area contributed by atoms with E-state index in [9.17, 15) is 34.5 Å². The summed E-state index contributed by atoms with van der Waals surface area (Å²) in [6, 6.07) is 16.9. The number of rotatable bonds is 7. The van der Waals surface area contributed by atoms with Crippen molar-refractivity contribution in [1.29, 1.82) is 0 Å². The largest absolute Gasteiger partial charge is 0.673 e. The van der Waals surface area contributed by atoms with Crippen molar-refractivity contribution in [3.05, 3.63) is 48.5 Å². The van der Waals surface area contributed by atoms with E-state index >= 15 is 0 Å². The fourth-order valence-corrected chi connectivity index (χ4v) is 7.62. The minimum atomic E-state index is -6.00. The molecule has 0 bridgehead atoms. The fraction of sp³-hybridized carbons (Fsp3) is 0.250. The Morgan fingerprint density at radius 1 is 0.633 bits per heavy atom.